The Morgan fingerprint density at radius 2 is 2.00 bits per heavy atom. The van der Waals surface area contributed by atoms with Crippen LogP contribution in [-0.2, 0) is 12.0 Å². The summed E-state index contributed by atoms with van der Waals surface area (Å²) >= 11 is 0. The molecule has 2 rings (SSSR count). The summed E-state index contributed by atoms with van der Waals surface area (Å²) in [5.74, 6) is 0.822. The van der Waals surface area contributed by atoms with Crippen molar-refractivity contribution >= 4 is 0 Å². The van der Waals surface area contributed by atoms with Crippen LogP contribution in [0.4, 0.5) is 0 Å². The molecule has 1 fully saturated rings. The molecule has 1 aromatic rings. The lowest BCUT2D eigenvalue weighted by Crippen LogP contribution is -2.44. The summed E-state index contributed by atoms with van der Waals surface area (Å²) in [6.45, 7) is 11.9. The van der Waals surface area contributed by atoms with Crippen molar-refractivity contribution in [1.82, 2.24) is 15.2 Å². The molecule has 0 spiro atoms. The van der Waals surface area contributed by atoms with Crippen molar-refractivity contribution in [3.05, 3.63) is 11.4 Å². The smallest absolute Gasteiger partial charge is 0.122 e. The fourth-order valence-electron chi connectivity index (χ4n) is 2.05. The predicted octanol–water partition coefficient (Wildman–Crippen LogP) is 1.82. The Hall–Kier alpha value is -0.900. The number of aromatic nitrogens is 2. The SMILES string of the molecule is CC1CN(Cc2nonc2C(C)(C)C)C1. The number of nitrogens with zero attached hydrogens (tertiary/aromatic N) is 3. The van der Waals surface area contributed by atoms with Crippen LogP contribution in [0.25, 0.3) is 0 Å². The lowest BCUT2D eigenvalue weighted by atomic mass is 9.90. The second kappa shape index (κ2) is 3.59. The van der Waals surface area contributed by atoms with Crippen molar-refractivity contribution in [1.29, 1.82) is 0 Å². The zero-order valence-electron chi connectivity index (χ0n) is 9.95. The first-order chi connectivity index (χ1) is 6.97. The van der Waals surface area contributed by atoms with Gasteiger partial charge in [-0.25, -0.2) is 4.63 Å². The summed E-state index contributed by atoms with van der Waals surface area (Å²) in [4.78, 5) is 2.37. The fourth-order valence-corrected chi connectivity index (χ4v) is 2.05. The van der Waals surface area contributed by atoms with Gasteiger partial charge < -0.3 is 0 Å². The van der Waals surface area contributed by atoms with Crippen LogP contribution in [0.3, 0.4) is 0 Å². The minimum absolute atomic E-state index is 0.0197. The molecule has 0 unspecified atom stereocenters. The molecule has 0 aromatic carbocycles. The maximum absolute atomic E-state index is 4.84. The second-order valence-electron chi connectivity index (χ2n) is 5.61. The van der Waals surface area contributed by atoms with Gasteiger partial charge >= 0.3 is 0 Å². The largest absolute Gasteiger partial charge is 0.297 e. The van der Waals surface area contributed by atoms with Crippen LogP contribution >= 0.6 is 0 Å². The van der Waals surface area contributed by atoms with Crippen LogP contribution in [0, 0.1) is 5.92 Å². The van der Waals surface area contributed by atoms with Crippen LogP contribution in [0.2, 0.25) is 0 Å². The van der Waals surface area contributed by atoms with E-state index in [2.05, 4.69) is 42.9 Å². The summed E-state index contributed by atoms with van der Waals surface area (Å²) in [5.41, 5.74) is 2.00. The van der Waals surface area contributed by atoms with Crippen molar-refractivity contribution in [3.8, 4) is 0 Å². The Bertz CT molecular complexity index is 334. The zero-order valence-corrected chi connectivity index (χ0v) is 9.95. The molecule has 2 heterocycles. The van der Waals surface area contributed by atoms with E-state index in [-0.39, 0.29) is 5.41 Å². The van der Waals surface area contributed by atoms with Gasteiger partial charge in [0.15, 0.2) is 0 Å². The summed E-state index contributed by atoms with van der Waals surface area (Å²) in [6.07, 6.45) is 0. The van der Waals surface area contributed by atoms with Gasteiger partial charge in [0.1, 0.15) is 11.4 Å². The van der Waals surface area contributed by atoms with Crippen molar-refractivity contribution in [2.45, 2.75) is 39.7 Å². The highest BCUT2D eigenvalue weighted by Gasteiger charge is 2.28. The highest BCUT2D eigenvalue weighted by molar-refractivity contribution is 5.17. The van der Waals surface area contributed by atoms with Gasteiger partial charge in [0.05, 0.1) is 0 Å². The van der Waals surface area contributed by atoms with Crippen LogP contribution in [0.5, 0.6) is 0 Å². The van der Waals surface area contributed by atoms with E-state index in [9.17, 15) is 0 Å². The fraction of sp³-hybridized carbons (Fsp3) is 0.818. The minimum atomic E-state index is 0.0197. The average Bonchev–Trinajstić information content (AvgIpc) is 2.48. The number of hydrogen-bond donors (Lipinski definition) is 0. The molecule has 0 aliphatic carbocycles. The van der Waals surface area contributed by atoms with Crippen LogP contribution in [-0.4, -0.2) is 28.3 Å². The normalized spacial score (nSPS) is 19.2. The third kappa shape index (κ3) is 2.20. The molecule has 1 aliphatic heterocycles. The molecule has 4 heteroatoms. The maximum atomic E-state index is 4.84. The van der Waals surface area contributed by atoms with E-state index >= 15 is 0 Å². The molecule has 1 saturated heterocycles. The van der Waals surface area contributed by atoms with E-state index < -0.39 is 0 Å². The number of rotatable bonds is 2. The maximum Gasteiger partial charge on any atom is 0.122 e. The Balaban J connectivity index is 2.05. The van der Waals surface area contributed by atoms with Gasteiger partial charge in [-0.3, -0.25) is 4.90 Å². The highest BCUT2D eigenvalue weighted by atomic mass is 16.6. The van der Waals surface area contributed by atoms with E-state index in [1.807, 2.05) is 0 Å². The molecule has 0 N–H and O–H groups in total. The standard InChI is InChI=1S/C11H19N3O/c1-8-5-14(6-8)7-9-10(11(2,3)4)13-15-12-9/h8H,5-7H2,1-4H3. The van der Waals surface area contributed by atoms with E-state index in [1.165, 1.54) is 0 Å². The molecule has 1 aromatic heterocycles. The van der Waals surface area contributed by atoms with Gasteiger partial charge in [-0.05, 0) is 5.92 Å². The average molecular weight is 209 g/mol. The Morgan fingerprint density at radius 3 is 2.53 bits per heavy atom. The van der Waals surface area contributed by atoms with Crippen molar-refractivity contribution in [3.63, 3.8) is 0 Å². The zero-order chi connectivity index (χ0) is 11.1. The second-order valence-corrected chi connectivity index (χ2v) is 5.61. The third-order valence-corrected chi connectivity index (χ3v) is 2.78. The minimum Gasteiger partial charge on any atom is -0.297 e. The Morgan fingerprint density at radius 1 is 1.33 bits per heavy atom. The van der Waals surface area contributed by atoms with Gasteiger partial charge in [-0.1, -0.05) is 38.0 Å². The van der Waals surface area contributed by atoms with Gasteiger partial charge in [0, 0.05) is 25.0 Å². The highest BCUT2D eigenvalue weighted by Crippen LogP contribution is 2.25. The molecular weight excluding hydrogens is 190 g/mol. The van der Waals surface area contributed by atoms with E-state index in [1.54, 1.807) is 0 Å². The molecule has 0 radical (unpaired) electrons. The molecule has 0 bridgehead atoms. The molecule has 84 valence electrons. The first kappa shape index (κ1) is 10.6. The molecule has 0 atom stereocenters. The number of likely N-dealkylation sites (tertiary alicyclic amines) is 1. The third-order valence-electron chi connectivity index (χ3n) is 2.78. The summed E-state index contributed by atoms with van der Waals surface area (Å²) in [6, 6.07) is 0. The van der Waals surface area contributed by atoms with Gasteiger partial charge in [-0.2, -0.15) is 0 Å². The van der Waals surface area contributed by atoms with Crippen LogP contribution in [0.1, 0.15) is 39.1 Å². The molecule has 1 aliphatic rings. The monoisotopic (exact) mass is 209 g/mol. The van der Waals surface area contributed by atoms with E-state index in [0.29, 0.717) is 0 Å². The lowest BCUT2D eigenvalue weighted by Gasteiger charge is -2.36. The lowest BCUT2D eigenvalue weighted by molar-refractivity contribution is 0.101. The van der Waals surface area contributed by atoms with Gasteiger partial charge in [-0.15, -0.1) is 0 Å². The predicted molar refractivity (Wildman–Crippen MR) is 57.4 cm³/mol. The summed E-state index contributed by atoms with van der Waals surface area (Å²) in [7, 11) is 0. The molecular formula is C11H19N3O. The quantitative estimate of drug-likeness (QED) is 0.745. The van der Waals surface area contributed by atoms with E-state index in [4.69, 9.17) is 4.63 Å². The van der Waals surface area contributed by atoms with Crippen molar-refractivity contribution in [2.24, 2.45) is 5.92 Å². The molecule has 0 saturated carbocycles. The number of hydrogen-bond acceptors (Lipinski definition) is 4. The molecule has 15 heavy (non-hydrogen) atoms. The first-order valence-electron chi connectivity index (χ1n) is 5.51. The Kier molecular flexibility index (Phi) is 2.54. The molecule has 0 amide bonds. The van der Waals surface area contributed by atoms with Gasteiger partial charge in [0.2, 0.25) is 0 Å². The summed E-state index contributed by atoms with van der Waals surface area (Å²) < 4.78 is 4.84. The van der Waals surface area contributed by atoms with Crippen LogP contribution < -0.4 is 0 Å². The van der Waals surface area contributed by atoms with Crippen molar-refractivity contribution < 1.29 is 4.63 Å². The van der Waals surface area contributed by atoms with Gasteiger partial charge in [0.25, 0.3) is 0 Å². The summed E-state index contributed by atoms with van der Waals surface area (Å²) in [5, 5.41) is 8.01. The first-order valence-corrected chi connectivity index (χ1v) is 5.51. The topological polar surface area (TPSA) is 42.2 Å². The molecule has 4 nitrogen and oxygen atoms in total. The van der Waals surface area contributed by atoms with Crippen molar-refractivity contribution in [2.75, 3.05) is 13.1 Å². The van der Waals surface area contributed by atoms with E-state index in [0.717, 1.165) is 36.9 Å². The van der Waals surface area contributed by atoms with Crippen LogP contribution in [0.15, 0.2) is 4.63 Å². The Labute approximate surface area is 90.6 Å².